The van der Waals surface area contributed by atoms with E-state index in [1.807, 2.05) is 13.0 Å². The Balaban J connectivity index is 1.31. The van der Waals surface area contributed by atoms with Crippen LogP contribution in [0.4, 0.5) is 0 Å². The van der Waals surface area contributed by atoms with E-state index >= 15 is 0 Å². The molecule has 0 aliphatic heterocycles. The highest BCUT2D eigenvalue weighted by Crippen LogP contribution is 2.21. The van der Waals surface area contributed by atoms with Gasteiger partial charge < -0.3 is 23.3 Å². The first-order chi connectivity index (χ1) is 24.0. The molecule has 11 heteroatoms. The van der Waals surface area contributed by atoms with Gasteiger partial charge in [-0.05, 0) is 36.5 Å². The summed E-state index contributed by atoms with van der Waals surface area (Å²) in [5.74, 6) is 2.33. The summed E-state index contributed by atoms with van der Waals surface area (Å²) >= 11 is 3.08. The second-order valence-electron chi connectivity index (χ2n) is 13.2. The Morgan fingerprint density at radius 1 is 0.837 bits per heavy atom. The molecule has 0 amide bonds. The minimum atomic E-state index is -0.441. The fourth-order valence-electron chi connectivity index (χ4n) is 5.81. The highest BCUT2D eigenvalue weighted by Gasteiger charge is 2.19. The Hall–Kier alpha value is -2.37. The van der Waals surface area contributed by atoms with Crippen LogP contribution >= 0.6 is 23.1 Å². The fourth-order valence-corrected chi connectivity index (χ4v) is 7.36. The molecule has 0 saturated carbocycles. The first-order valence-electron chi connectivity index (χ1n) is 18.9. The number of carbonyl (C=O) groups is 1. The molecule has 0 aliphatic carbocycles. The van der Waals surface area contributed by atoms with Crippen LogP contribution in [0.3, 0.4) is 0 Å². The van der Waals surface area contributed by atoms with Crippen LogP contribution < -0.4 is 14.0 Å². The van der Waals surface area contributed by atoms with E-state index in [1.165, 1.54) is 95.2 Å². The molecule has 3 rings (SSSR count). The first-order valence-corrected chi connectivity index (χ1v) is 20.7. The zero-order valence-electron chi connectivity index (χ0n) is 30.4. The molecular formula is C38H62N3O6S2+. The number of carbonyl (C=O) groups excluding carboxylic acids is 1. The van der Waals surface area contributed by atoms with E-state index < -0.39 is 6.10 Å². The third-order valence-corrected chi connectivity index (χ3v) is 10.2. The van der Waals surface area contributed by atoms with E-state index in [4.69, 9.17) is 23.3 Å². The van der Waals surface area contributed by atoms with Crippen molar-refractivity contribution in [1.82, 2.24) is 10.3 Å². The summed E-state index contributed by atoms with van der Waals surface area (Å²) in [5.41, 5.74) is 2.15. The van der Waals surface area contributed by atoms with Crippen molar-refractivity contribution in [3.63, 3.8) is 0 Å². The molecular weight excluding hydrogens is 659 g/mol. The van der Waals surface area contributed by atoms with E-state index in [-0.39, 0.29) is 23.6 Å². The molecule has 0 saturated heterocycles. The molecule has 3 heterocycles. The van der Waals surface area contributed by atoms with Gasteiger partial charge >= 0.3 is 0 Å². The van der Waals surface area contributed by atoms with Crippen molar-refractivity contribution in [2.45, 2.75) is 161 Å². The van der Waals surface area contributed by atoms with Crippen LogP contribution in [-0.2, 0) is 22.5 Å². The van der Waals surface area contributed by atoms with Crippen LogP contribution in [-0.4, -0.2) is 46.6 Å². The summed E-state index contributed by atoms with van der Waals surface area (Å²) in [6.45, 7) is 7.72. The van der Waals surface area contributed by atoms with Crippen LogP contribution in [0.2, 0.25) is 0 Å². The van der Waals surface area contributed by atoms with Crippen LogP contribution in [0.25, 0.3) is 0 Å². The lowest BCUT2D eigenvalue weighted by Gasteiger charge is -2.20. The fraction of sp³-hybridized carbons (Fsp3) is 0.737. The lowest BCUT2D eigenvalue weighted by molar-refractivity contribution is -0.692. The number of nitrogens with zero attached hydrogens (tertiary/aromatic N) is 3. The van der Waals surface area contributed by atoms with Crippen molar-refractivity contribution < 1.29 is 32.6 Å². The molecule has 0 spiro atoms. The minimum absolute atomic E-state index is 0.0998. The Morgan fingerprint density at radius 2 is 1.51 bits per heavy atom. The maximum absolute atomic E-state index is 11.9. The minimum Gasteiger partial charge on any atom is -0.471 e. The molecule has 0 fully saturated rings. The summed E-state index contributed by atoms with van der Waals surface area (Å²) in [6.07, 6.45) is 25.4. The third-order valence-electron chi connectivity index (χ3n) is 8.53. The SMILES string of the molecule is CCCCCCCCCCCCCCCc1cc(OCC(COCC(CCCCCC[n+]2ccsc2)SC(C)=O)Oc2cc(C)on2)no1. The molecule has 9 nitrogen and oxygen atoms in total. The number of aryl methyl sites for hydroxylation is 3. The van der Waals surface area contributed by atoms with Crippen molar-refractivity contribution in [3.8, 4) is 11.8 Å². The number of ether oxygens (including phenoxy) is 3. The molecule has 0 radical (unpaired) electrons. The van der Waals surface area contributed by atoms with Gasteiger partial charge in [-0.25, -0.2) is 0 Å². The van der Waals surface area contributed by atoms with Gasteiger partial charge in [0, 0.05) is 37.1 Å². The molecule has 3 aromatic heterocycles. The largest absolute Gasteiger partial charge is 0.471 e. The van der Waals surface area contributed by atoms with Gasteiger partial charge in [-0.15, -0.1) is 0 Å². The first kappa shape index (κ1) is 41.1. The smallest absolute Gasteiger partial charge is 0.254 e. The van der Waals surface area contributed by atoms with Gasteiger partial charge in [0.25, 0.3) is 11.8 Å². The highest BCUT2D eigenvalue weighted by atomic mass is 32.2. The Labute approximate surface area is 303 Å². The van der Waals surface area contributed by atoms with Gasteiger partial charge in [0.15, 0.2) is 17.4 Å². The molecule has 0 aliphatic rings. The van der Waals surface area contributed by atoms with Gasteiger partial charge in [0.2, 0.25) is 5.51 Å². The number of hydrogen-bond acceptors (Lipinski definition) is 10. The van der Waals surface area contributed by atoms with E-state index in [2.05, 4.69) is 38.9 Å². The van der Waals surface area contributed by atoms with Gasteiger partial charge in [-0.3, -0.25) is 4.79 Å². The second kappa shape index (κ2) is 26.4. The van der Waals surface area contributed by atoms with Crippen LogP contribution in [0.5, 0.6) is 11.8 Å². The average molecular weight is 721 g/mol. The molecule has 49 heavy (non-hydrogen) atoms. The van der Waals surface area contributed by atoms with E-state index in [9.17, 15) is 4.79 Å². The van der Waals surface area contributed by atoms with Gasteiger partial charge in [0.05, 0.1) is 18.6 Å². The van der Waals surface area contributed by atoms with E-state index in [1.54, 1.807) is 24.3 Å². The maximum atomic E-state index is 11.9. The summed E-state index contributed by atoms with van der Waals surface area (Å²) in [6, 6.07) is 3.61. The van der Waals surface area contributed by atoms with Crippen LogP contribution in [0.15, 0.2) is 38.3 Å². The van der Waals surface area contributed by atoms with Gasteiger partial charge in [-0.2, -0.15) is 4.57 Å². The second-order valence-corrected chi connectivity index (χ2v) is 15.4. The normalized spacial score (nSPS) is 12.7. The lowest BCUT2D eigenvalue weighted by atomic mass is 10.0. The lowest BCUT2D eigenvalue weighted by Crippen LogP contribution is -2.31. The molecule has 3 aromatic rings. The average Bonchev–Trinajstić information content (AvgIpc) is 3.86. The van der Waals surface area contributed by atoms with E-state index in [0.717, 1.165) is 50.8 Å². The summed E-state index contributed by atoms with van der Waals surface area (Å²) < 4.78 is 31.1. The maximum Gasteiger partial charge on any atom is 0.254 e. The van der Waals surface area contributed by atoms with Crippen LogP contribution in [0.1, 0.15) is 141 Å². The third kappa shape index (κ3) is 20.2. The molecule has 276 valence electrons. The van der Waals surface area contributed by atoms with Crippen molar-refractivity contribution >= 4 is 28.2 Å². The molecule has 0 bridgehead atoms. The van der Waals surface area contributed by atoms with Crippen molar-refractivity contribution in [2.75, 3.05) is 19.8 Å². The molecule has 2 atom stereocenters. The number of thioether (sulfide) groups is 1. The summed E-state index contributed by atoms with van der Waals surface area (Å²) in [5, 5.41) is 10.4. The number of hydrogen-bond donors (Lipinski definition) is 0. The predicted octanol–water partition coefficient (Wildman–Crippen LogP) is 10.1. The topological polar surface area (TPSA) is 101 Å². The summed E-state index contributed by atoms with van der Waals surface area (Å²) in [7, 11) is 0. The summed E-state index contributed by atoms with van der Waals surface area (Å²) in [4.78, 5) is 11.9. The predicted molar refractivity (Wildman–Crippen MR) is 198 cm³/mol. The van der Waals surface area contributed by atoms with E-state index in [0.29, 0.717) is 24.1 Å². The number of rotatable bonds is 31. The zero-order valence-corrected chi connectivity index (χ0v) is 32.0. The Bertz CT molecular complexity index is 1220. The van der Waals surface area contributed by atoms with Crippen LogP contribution in [0, 0.1) is 6.92 Å². The monoisotopic (exact) mass is 720 g/mol. The Kier molecular flexibility index (Phi) is 22.2. The molecule has 0 N–H and O–H groups in total. The number of unbranched alkanes of at least 4 members (excludes halogenated alkanes) is 15. The molecule has 2 unspecified atom stereocenters. The van der Waals surface area contributed by atoms with Crippen molar-refractivity contribution in [2.24, 2.45) is 0 Å². The highest BCUT2D eigenvalue weighted by molar-refractivity contribution is 8.14. The molecule has 0 aromatic carbocycles. The zero-order chi connectivity index (χ0) is 34.8. The number of aromatic nitrogens is 3. The van der Waals surface area contributed by atoms with Gasteiger partial charge in [0.1, 0.15) is 24.7 Å². The number of thiazole rings is 1. The standard InChI is InChI=1S/C38H62N3O6S2/c1-4-5-6-7-8-9-10-11-12-13-14-15-18-21-34-27-37(39-47-34)44-29-35(45-38-26-32(2)46-40-38)28-43-30-36(49-33(3)42)22-19-16-17-20-23-41-24-25-48-31-41/h24-27,31,35-36H,4-23,28-30H2,1-3H3/q+1. The van der Waals surface area contributed by atoms with Crippen molar-refractivity contribution in [3.05, 3.63) is 40.7 Å². The quantitative estimate of drug-likeness (QED) is 0.0475. The van der Waals surface area contributed by atoms with Gasteiger partial charge in [-0.1, -0.05) is 120 Å². The van der Waals surface area contributed by atoms with Crippen molar-refractivity contribution in [1.29, 1.82) is 0 Å². The Morgan fingerprint density at radius 3 is 2.16 bits per heavy atom.